The van der Waals surface area contributed by atoms with E-state index in [-0.39, 0.29) is 0 Å². The normalized spacial score (nSPS) is 81.0. The van der Waals surface area contributed by atoms with E-state index in [9.17, 15) is 0 Å². The van der Waals surface area contributed by atoms with Crippen molar-refractivity contribution >= 4 is 0 Å². The molecule has 0 aromatic rings. The van der Waals surface area contributed by atoms with Gasteiger partial charge < -0.3 is 5.73 Å². The second-order valence-corrected chi connectivity index (χ2v) is 3.30. The Morgan fingerprint density at radius 1 is 1.14 bits per heavy atom. The van der Waals surface area contributed by atoms with Crippen LogP contribution in [0.1, 0.15) is 6.42 Å². The van der Waals surface area contributed by atoms with E-state index in [1.807, 2.05) is 0 Å². The van der Waals surface area contributed by atoms with Crippen LogP contribution < -0.4 is 5.73 Å². The second-order valence-electron chi connectivity index (χ2n) is 3.30. The van der Waals surface area contributed by atoms with Gasteiger partial charge in [-0.05, 0) is 30.1 Å². The minimum atomic E-state index is 0.625. The average Bonchev–Trinajstić information content (AvgIpc) is 2.41. The van der Waals surface area contributed by atoms with Gasteiger partial charge in [-0.15, -0.1) is 0 Å². The van der Waals surface area contributed by atoms with Crippen LogP contribution in [-0.2, 0) is 0 Å². The molecule has 0 aromatic carbocycles. The van der Waals surface area contributed by atoms with Crippen LogP contribution in [0.5, 0.6) is 0 Å². The van der Waals surface area contributed by atoms with Crippen LogP contribution in [0.25, 0.3) is 0 Å². The smallest absolute Gasteiger partial charge is 0.00757 e. The van der Waals surface area contributed by atoms with Crippen molar-refractivity contribution in [2.45, 2.75) is 12.5 Å². The molecule has 0 spiro atoms. The fourth-order valence-electron chi connectivity index (χ4n) is 2.59. The summed E-state index contributed by atoms with van der Waals surface area (Å²) in [7, 11) is 0. The van der Waals surface area contributed by atoms with Crippen LogP contribution >= 0.6 is 0 Å². The second kappa shape index (κ2) is 0.576. The highest BCUT2D eigenvalue weighted by Crippen LogP contribution is 2.81. The molecular weight excluding hydrogens is 86.1 g/mol. The lowest BCUT2D eigenvalue weighted by molar-refractivity contribution is 0.612. The van der Waals surface area contributed by atoms with Gasteiger partial charge in [-0.3, -0.25) is 0 Å². The van der Waals surface area contributed by atoms with Crippen molar-refractivity contribution in [2.75, 3.05) is 0 Å². The molecule has 1 heteroatoms. The summed E-state index contributed by atoms with van der Waals surface area (Å²) in [5.41, 5.74) is 5.74. The summed E-state index contributed by atoms with van der Waals surface area (Å²) in [6.07, 6.45) is 1.36. The predicted octanol–water partition coefficient (Wildman–Crippen LogP) is 0.209. The molecule has 1 nitrogen and oxygen atoms in total. The summed E-state index contributed by atoms with van der Waals surface area (Å²) in [5.74, 6) is 4.44. The fraction of sp³-hybridized carbons (Fsp3) is 1.00. The summed E-state index contributed by atoms with van der Waals surface area (Å²) in [6, 6.07) is 0.625. The monoisotopic (exact) mass is 95.1 g/mol. The van der Waals surface area contributed by atoms with E-state index in [0.717, 1.165) is 23.7 Å². The first-order chi connectivity index (χ1) is 3.39. The number of rotatable bonds is 0. The minimum absolute atomic E-state index is 0.625. The van der Waals surface area contributed by atoms with Gasteiger partial charge in [0.25, 0.3) is 0 Å². The first-order valence-electron chi connectivity index (χ1n) is 3.15. The molecule has 4 saturated carbocycles. The van der Waals surface area contributed by atoms with Gasteiger partial charge in [0.2, 0.25) is 0 Å². The third-order valence-electron chi connectivity index (χ3n) is 3.08. The predicted molar refractivity (Wildman–Crippen MR) is 26.6 cm³/mol. The number of hydrogen-bond donors (Lipinski definition) is 1. The number of hydrogen-bond acceptors (Lipinski definition) is 1. The van der Waals surface area contributed by atoms with E-state index in [1.54, 1.807) is 0 Å². The van der Waals surface area contributed by atoms with E-state index in [1.165, 1.54) is 6.42 Å². The highest BCUT2D eigenvalue weighted by Gasteiger charge is 2.79. The molecule has 38 valence electrons. The quantitative estimate of drug-likeness (QED) is 0.457. The Bertz CT molecular complexity index is 115. The van der Waals surface area contributed by atoms with Crippen LogP contribution in [0, 0.1) is 23.7 Å². The molecule has 0 aromatic heterocycles. The van der Waals surface area contributed by atoms with Crippen LogP contribution in [0.2, 0.25) is 0 Å². The Labute approximate surface area is 42.9 Å². The van der Waals surface area contributed by atoms with Gasteiger partial charge >= 0.3 is 0 Å². The Hall–Kier alpha value is -0.0400. The first-order valence-corrected chi connectivity index (χ1v) is 3.15. The van der Waals surface area contributed by atoms with Crippen molar-refractivity contribution in [1.82, 2.24) is 0 Å². The molecule has 7 heavy (non-hydrogen) atoms. The van der Waals surface area contributed by atoms with Gasteiger partial charge in [-0.1, -0.05) is 0 Å². The Balaban J connectivity index is 2.06. The van der Waals surface area contributed by atoms with Gasteiger partial charge in [-0.25, -0.2) is 0 Å². The van der Waals surface area contributed by atoms with Crippen LogP contribution in [0.15, 0.2) is 0 Å². The van der Waals surface area contributed by atoms with E-state index >= 15 is 0 Å². The maximum absolute atomic E-state index is 5.74. The molecule has 0 saturated heterocycles. The highest BCUT2D eigenvalue weighted by molar-refractivity contribution is 5.28. The molecule has 0 heterocycles. The van der Waals surface area contributed by atoms with Crippen LogP contribution in [0.3, 0.4) is 0 Å². The number of nitrogens with two attached hydrogens (primary N) is 1. The van der Waals surface area contributed by atoms with E-state index in [2.05, 4.69) is 0 Å². The van der Waals surface area contributed by atoms with E-state index in [4.69, 9.17) is 5.73 Å². The van der Waals surface area contributed by atoms with Crippen molar-refractivity contribution in [2.24, 2.45) is 29.4 Å². The zero-order valence-corrected chi connectivity index (χ0v) is 4.17. The average molecular weight is 95.1 g/mol. The van der Waals surface area contributed by atoms with Crippen LogP contribution in [0.4, 0.5) is 0 Å². The standard InChI is InChI=1S/C6H9N/c7-3-1-2-4-5(2)6(3)4/h2-6H,1,7H2. The lowest BCUT2D eigenvalue weighted by Gasteiger charge is -1.94. The third-order valence-corrected chi connectivity index (χ3v) is 3.08. The van der Waals surface area contributed by atoms with Crippen molar-refractivity contribution in [3.05, 3.63) is 0 Å². The van der Waals surface area contributed by atoms with Gasteiger partial charge in [0.1, 0.15) is 0 Å². The lowest BCUT2D eigenvalue weighted by Crippen LogP contribution is -2.16. The summed E-state index contributed by atoms with van der Waals surface area (Å²) in [5, 5.41) is 0. The maximum Gasteiger partial charge on any atom is 0.00757 e. The highest BCUT2D eigenvalue weighted by atomic mass is 14.9. The molecule has 4 fully saturated rings. The zero-order valence-electron chi connectivity index (χ0n) is 4.17. The van der Waals surface area contributed by atoms with E-state index in [0.29, 0.717) is 6.04 Å². The van der Waals surface area contributed by atoms with Crippen LogP contribution in [-0.4, -0.2) is 6.04 Å². The molecule has 2 N–H and O–H groups in total. The third kappa shape index (κ3) is 0.163. The number of fused-ring (bicyclic) bond motifs is 1. The first kappa shape index (κ1) is 3.08. The Kier molecular flexibility index (Phi) is 0.253. The van der Waals surface area contributed by atoms with Crippen molar-refractivity contribution in [3.63, 3.8) is 0 Å². The molecule has 4 rings (SSSR count). The molecule has 2 bridgehead atoms. The molecule has 4 aliphatic carbocycles. The van der Waals surface area contributed by atoms with Crippen molar-refractivity contribution in [1.29, 1.82) is 0 Å². The van der Waals surface area contributed by atoms with Gasteiger partial charge in [0.05, 0.1) is 0 Å². The fourth-order valence-corrected chi connectivity index (χ4v) is 2.59. The summed E-state index contributed by atoms with van der Waals surface area (Å²) >= 11 is 0. The molecular formula is C6H9N. The lowest BCUT2D eigenvalue weighted by atomic mass is 10.2. The molecule has 0 radical (unpaired) electrons. The molecule has 4 aliphatic rings. The minimum Gasteiger partial charge on any atom is -0.327 e. The van der Waals surface area contributed by atoms with Gasteiger partial charge in [0.15, 0.2) is 0 Å². The topological polar surface area (TPSA) is 26.0 Å². The Morgan fingerprint density at radius 3 is 2.00 bits per heavy atom. The van der Waals surface area contributed by atoms with Crippen molar-refractivity contribution < 1.29 is 0 Å². The zero-order chi connectivity index (χ0) is 4.59. The summed E-state index contributed by atoms with van der Waals surface area (Å²) in [6.45, 7) is 0. The Morgan fingerprint density at radius 2 is 1.86 bits per heavy atom. The maximum atomic E-state index is 5.74. The molecule has 0 aliphatic heterocycles. The van der Waals surface area contributed by atoms with E-state index < -0.39 is 0 Å². The van der Waals surface area contributed by atoms with Crippen molar-refractivity contribution in [3.8, 4) is 0 Å². The largest absolute Gasteiger partial charge is 0.327 e. The molecule has 3 atom stereocenters. The molecule has 3 unspecified atom stereocenters. The summed E-state index contributed by atoms with van der Waals surface area (Å²) < 4.78 is 0. The summed E-state index contributed by atoms with van der Waals surface area (Å²) in [4.78, 5) is 0. The van der Waals surface area contributed by atoms with Gasteiger partial charge in [0, 0.05) is 6.04 Å². The van der Waals surface area contributed by atoms with Gasteiger partial charge in [-0.2, -0.15) is 0 Å². The SMILES string of the molecule is NC1CC2C3C1C23. The molecule has 0 amide bonds.